The third kappa shape index (κ3) is 2.58. The number of aromatic nitrogens is 1. The number of anilines is 1. The third-order valence-corrected chi connectivity index (χ3v) is 5.00. The van der Waals surface area contributed by atoms with Crippen molar-refractivity contribution >= 4 is 44.1 Å². The van der Waals surface area contributed by atoms with Gasteiger partial charge in [-0.2, -0.15) is 0 Å². The number of nitrogens with zero attached hydrogens (tertiary/aromatic N) is 1. The summed E-state index contributed by atoms with van der Waals surface area (Å²) in [6, 6.07) is 12.5. The number of ether oxygens (including phenoxy) is 1. The first-order valence-corrected chi connectivity index (χ1v) is 8.36. The van der Waals surface area contributed by atoms with E-state index in [9.17, 15) is 9.59 Å². The van der Waals surface area contributed by atoms with Crippen LogP contribution in [-0.2, 0) is 7.05 Å². The molecule has 0 aliphatic heterocycles. The van der Waals surface area contributed by atoms with E-state index in [1.54, 1.807) is 43.0 Å². The molecule has 4 aromatic rings. The number of benzene rings is 2. The summed E-state index contributed by atoms with van der Waals surface area (Å²) in [6.45, 7) is 0. The van der Waals surface area contributed by atoms with Crippen molar-refractivity contribution in [3.63, 3.8) is 0 Å². The van der Waals surface area contributed by atoms with Gasteiger partial charge in [0.15, 0.2) is 17.1 Å². The Morgan fingerprint density at radius 3 is 2.88 bits per heavy atom. The van der Waals surface area contributed by atoms with E-state index in [1.165, 1.54) is 0 Å². The molecule has 7 heteroatoms. The fraction of sp³-hybridized carbons (Fsp3) is 0.111. The lowest BCUT2D eigenvalue weighted by Gasteiger charge is -2.03. The molecule has 0 atom stereocenters. The molecule has 126 valence electrons. The average molecular weight is 354 g/mol. The van der Waals surface area contributed by atoms with Gasteiger partial charge in [-0.3, -0.25) is 9.59 Å². The molecular weight excluding hydrogens is 340 g/mol. The van der Waals surface area contributed by atoms with Crippen molar-refractivity contribution in [2.45, 2.75) is 0 Å². The summed E-state index contributed by atoms with van der Waals surface area (Å²) < 4.78 is 13.3. The zero-order valence-electron chi connectivity index (χ0n) is 13.5. The maximum atomic E-state index is 12.5. The van der Waals surface area contributed by atoms with E-state index in [0.29, 0.717) is 17.0 Å². The molecule has 1 amide bonds. The summed E-state index contributed by atoms with van der Waals surface area (Å²) in [5.74, 6) is 0.411. The monoisotopic (exact) mass is 354 g/mol. The molecule has 2 aromatic heterocycles. The summed E-state index contributed by atoms with van der Waals surface area (Å²) in [5.41, 5.74) is 1.97. The lowest BCUT2D eigenvalue weighted by molar-refractivity contribution is 0.0998. The normalized spacial score (nSPS) is 11.1. The number of para-hydroxylation sites is 1. The fourth-order valence-electron chi connectivity index (χ4n) is 2.71. The standard InChI is InChI=1S/C18H14N2O4S/c1-20-12-7-6-11(9-15(12)25-18(20)22)19-17(21)14-8-10-4-3-5-13(23-2)16(10)24-14/h3-9H,1-2H3,(H,19,21). The Labute approximate surface area is 146 Å². The Morgan fingerprint density at radius 1 is 1.24 bits per heavy atom. The Kier molecular flexibility index (Phi) is 3.58. The highest BCUT2D eigenvalue weighted by atomic mass is 32.1. The highest BCUT2D eigenvalue weighted by Crippen LogP contribution is 2.29. The van der Waals surface area contributed by atoms with Gasteiger partial charge in [-0.15, -0.1) is 0 Å². The summed E-state index contributed by atoms with van der Waals surface area (Å²) in [4.78, 5) is 24.2. The average Bonchev–Trinajstić information content (AvgIpc) is 3.16. The lowest BCUT2D eigenvalue weighted by Crippen LogP contribution is -2.10. The number of hydrogen-bond acceptors (Lipinski definition) is 5. The van der Waals surface area contributed by atoms with E-state index in [2.05, 4.69) is 5.32 Å². The molecular formula is C18H14N2O4S. The molecule has 0 aliphatic carbocycles. The molecule has 0 unspecified atom stereocenters. The molecule has 0 bridgehead atoms. The minimum Gasteiger partial charge on any atom is -0.493 e. The SMILES string of the molecule is COc1cccc2cc(C(=O)Nc3ccc4c(c3)sc(=O)n4C)oc12. The maximum absolute atomic E-state index is 12.5. The van der Waals surface area contributed by atoms with Gasteiger partial charge < -0.3 is 19.0 Å². The van der Waals surface area contributed by atoms with Gasteiger partial charge in [0.25, 0.3) is 5.91 Å². The van der Waals surface area contributed by atoms with Gasteiger partial charge in [0, 0.05) is 18.1 Å². The van der Waals surface area contributed by atoms with Crippen LogP contribution < -0.4 is 14.9 Å². The van der Waals surface area contributed by atoms with Crippen molar-refractivity contribution in [2.24, 2.45) is 7.05 Å². The van der Waals surface area contributed by atoms with Crippen LogP contribution in [0.25, 0.3) is 21.2 Å². The summed E-state index contributed by atoms with van der Waals surface area (Å²) >= 11 is 1.14. The minimum atomic E-state index is -0.360. The van der Waals surface area contributed by atoms with Crippen molar-refractivity contribution < 1.29 is 13.9 Å². The van der Waals surface area contributed by atoms with Crippen LogP contribution in [0.4, 0.5) is 5.69 Å². The number of carbonyl (C=O) groups is 1. The third-order valence-electron chi connectivity index (χ3n) is 4.00. The molecule has 4 rings (SSSR count). The maximum Gasteiger partial charge on any atom is 0.307 e. The van der Waals surface area contributed by atoms with E-state index in [1.807, 2.05) is 18.2 Å². The topological polar surface area (TPSA) is 73.5 Å². The van der Waals surface area contributed by atoms with Gasteiger partial charge in [0.05, 0.1) is 17.3 Å². The number of furan rings is 1. The first kappa shape index (κ1) is 15.5. The zero-order valence-corrected chi connectivity index (χ0v) is 14.3. The van der Waals surface area contributed by atoms with Gasteiger partial charge in [-0.1, -0.05) is 23.5 Å². The Bertz CT molecular complexity index is 1170. The van der Waals surface area contributed by atoms with Gasteiger partial charge in [-0.25, -0.2) is 0 Å². The van der Waals surface area contributed by atoms with Crippen LogP contribution in [0.3, 0.4) is 0 Å². The second kappa shape index (κ2) is 5.78. The van der Waals surface area contributed by atoms with Crippen LogP contribution in [0.2, 0.25) is 0 Å². The fourth-order valence-corrected chi connectivity index (χ4v) is 3.63. The Hall–Kier alpha value is -3.06. The number of rotatable bonds is 3. The predicted molar refractivity (Wildman–Crippen MR) is 97.8 cm³/mol. The second-order valence-corrected chi connectivity index (χ2v) is 6.55. The largest absolute Gasteiger partial charge is 0.493 e. The molecule has 0 radical (unpaired) electrons. The van der Waals surface area contributed by atoms with Crippen LogP contribution in [0.1, 0.15) is 10.6 Å². The van der Waals surface area contributed by atoms with Crippen LogP contribution in [0, 0.1) is 0 Å². The van der Waals surface area contributed by atoms with Gasteiger partial charge >= 0.3 is 4.87 Å². The van der Waals surface area contributed by atoms with Gasteiger partial charge in [0.1, 0.15) is 0 Å². The lowest BCUT2D eigenvalue weighted by atomic mass is 10.2. The molecule has 1 N–H and O–H groups in total. The van der Waals surface area contributed by atoms with E-state index < -0.39 is 0 Å². The highest BCUT2D eigenvalue weighted by molar-refractivity contribution is 7.16. The highest BCUT2D eigenvalue weighted by Gasteiger charge is 2.15. The van der Waals surface area contributed by atoms with Crippen LogP contribution in [-0.4, -0.2) is 17.6 Å². The van der Waals surface area contributed by atoms with E-state index in [-0.39, 0.29) is 16.5 Å². The Morgan fingerprint density at radius 2 is 2.08 bits per heavy atom. The first-order chi connectivity index (χ1) is 12.1. The smallest absolute Gasteiger partial charge is 0.307 e. The molecule has 6 nitrogen and oxygen atoms in total. The quantitative estimate of drug-likeness (QED) is 0.610. The number of thiazole rings is 1. The van der Waals surface area contributed by atoms with E-state index >= 15 is 0 Å². The molecule has 0 fully saturated rings. The van der Waals surface area contributed by atoms with Crippen LogP contribution >= 0.6 is 11.3 Å². The summed E-state index contributed by atoms with van der Waals surface area (Å²) in [5, 5.41) is 3.59. The minimum absolute atomic E-state index is 0.0390. The Balaban J connectivity index is 1.67. The number of aryl methyl sites for hydroxylation is 1. The zero-order chi connectivity index (χ0) is 17.6. The van der Waals surface area contributed by atoms with Crippen LogP contribution in [0.15, 0.2) is 51.7 Å². The van der Waals surface area contributed by atoms with Crippen molar-refractivity contribution in [3.05, 3.63) is 57.9 Å². The molecule has 0 saturated heterocycles. The molecule has 25 heavy (non-hydrogen) atoms. The van der Waals surface area contributed by atoms with Crippen molar-refractivity contribution in [3.8, 4) is 5.75 Å². The molecule has 0 aliphatic rings. The summed E-state index contributed by atoms with van der Waals surface area (Å²) in [6.07, 6.45) is 0. The van der Waals surface area contributed by atoms with Crippen LogP contribution in [0.5, 0.6) is 5.75 Å². The molecule has 0 saturated carbocycles. The number of hydrogen-bond donors (Lipinski definition) is 1. The van der Waals surface area contributed by atoms with Crippen molar-refractivity contribution in [1.82, 2.24) is 4.57 Å². The first-order valence-electron chi connectivity index (χ1n) is 7.54. The second-order valence-electron chi connectivity index (χ2n) is 5.55. The summed E-state index contributed by atoms with van der Waals surface area (Å²) in [7, 11) is 3.28. The van der Waals surface area contributed by atoms with Gasteiger partial charge in [0.2, 0.25) is 0 Å². The number of methoxy groups -OCH3 is 1. The molecule has 2 aromatic carbocycles. The van der Waals surface area contributed by atoms with Gasteiger partial charge in [-0.05, 0) is 30.3 Å². The molecule has 0 spiro atoms. The number of amides is 1. The predicted octanol–water partition coefficient (Wildman–Crippen LogP) is 3.61. The van der Waals surface area contributed by atoms with Crippen molar-refractivity contribution in [1.29, 1.82) is 0 Å². The number of carbonyl (C=O) groups excluding carboxylic acids is 1. The molecule has 2 heterocycles. The number of fused-ring (bicyclic) bond motifs is 2. The van der Waals surface area contributed by atoms with Crippen molar-refractivity contribution in [2.75, 3.05) is 12.4 Å². The number of nitrogens with one attached hydrogen (secondary N) is 1. The van der Waals surface area contributed by atoms with E-state index in [4.69, 9.17) is 9.15 Å². The van der Waals surface area contributed by atoms with E-state index in [0.717, 1.165) is 26.9 Å².